The number of piperidine rings is 1. The van der Waals surface area contributed by atoms with Gasteiger partial charge in [-0.25, -0.2) is 4.79 Å². The van der Waals surface area contributed by atoms with Gasteiger partial charge in [0, 0.05) is 39.3 Å². The summed E-state index contributed by atoms with van der Waals surface area (Å²) < 4.78 is 5.42. The van der Waals surface area contributed by atoms with Gasteiger partial charge in [0.25, 0.3) is 0 Å². The van der Waals surface area contributed by atoms with E-state index in [9.17, 15) is 4.79 Å². The van der Waals surface area contributed by atoms with Crippen LogP contribution in [0.25, 0.3) is 0 Å². The zero-order valence-electron chi connectivity index (χ0n) is 12.9. The number of amides is 1. The van der Waals surface area contributed by atoms with E-state index < -0.39 is 5.60 Å². The van der Waals surface area contributed by atoms with Crippen molar-refractivity contribution in [2.24, 2.45) is 11.1 Å². The summed E-state index contributed by atoms with van der Waals surface area (Å²) >= 11 is 0. The van der Waals surface area contributed by atoms with Crippen LogP contribution in [-0.4, -0.2) is 60.8 Å². The van der Waals surface area contributed by atoms with Gasteiger partial charge in [0.15, 0.2) is 0 Å². The van der Waals surface area contributed by atoms with Crippen LogP contribution in [0.4, 0.5) is 4.79 Å². The lowest BCUT2D eigenvalue weighted by atomic mass is 9.72. The predicted octanol–water partition coefficient (Wildman–Crippen LogP) is 1.70. The fourth-order valence-electron chi connectivity index (χ4n) is 3.05. The van der Waals surface area contributed by atoms with Crippen LogP contribution >= 0.6 is 12.4 Å². The molecule has 0 aliphatic carbocycles. The highest BCUT2D eigenvalue weighted by molar-refractivity contribution is 5.85. The maximum Gasteiger partial charge on any atom is 0.410 e. The quantitative estimate of drug-likeness (QED) is 0.843. The van der Waals surface area contributed by atoms with E-state index >= 15 is 0 Å². The molecule has 0 aromatic carbocycles. The lowest BCUT2D eigenvalue weighted by molar-refractivity contribution is -0.0495. The largest absolute Gasteiger partial charge is 0.444 e. The molecule has 2 rings (SSSR count). The second-order valence-electron chi connectivity index (χ2n) is 6.97. The van der Waals surface area contributed by atoms with Crippen LogP contribution in [0, 0.1) is 5.41 Å². The summed E-state index contributed by atoms with van der Waals surface area (Å²) in [7, 11) is 0. The van der Waals surface area contributed by atoms with Gasteiger partial charge < -0.3 is 20.3 Å². The van der Waals surface area contributed by atoms with Crippen molar-refractivity contribution in [1.29, 1.82) is 0 Å². The second-order valence-corrected chi connectivity index (χ2v) is 6.97. The van der Waals surface area contributed by atoms with Crippen LogP contribution in [0.5, 0.6) is 0 Å². The Labute approximate surface area is 128 Å². The van der Waals surface area contributed by atoms with Crippen LogP contribution in [0.3, 0.4) is 0 Å². The van der Waals surface area contributed by atoms with Crippen molar-refractivity contribution < 1.29 is 9.53 Å². The summed E-state index contributed by atoms with van der Waals surface area (Å²) in [5.41, 5.74) is 5.60. The van der Waals surface area contributed by atoms with Crippen molar-refractivity contribution in [1.82, 2.24) is 9.80 Å². The third-order valence-corrected chi connectivity index (χ3v) is 4.04. The lowest BCUT2D eigenvalue weighted by Crippen LogP contribution is -2.61. The number of nitrogens with two attached hydrogens (primary N) is 1. The van der Waals surface area contributed by atoms with Gasteiger partial charge in [-0.05, 0) is 39.0 Å². The van der Waals surface area contributed by atoms with E-state index in [-0.39, 0.29) is 18.5 Å². The highest BCUT2D eigenvalue weighted by atomic mass is 35.5. The average molecular weight is 306 g/mol. The highest BCUT2D eigenvalue weighted by Crippen LogP contribution is 2.40. The monoisotopic (exact) mass is 305 g/mol. The highest BCUT2D eigenvalue weighted by Gasteiger charge is 2.45. The number of nitrogens with zero attached hydrogens (tertiary/aromatic N) is 2. The molecule has 2 N–H and O–H groups in total. The molecule has 0 unspecified atom stereocenters. The third kappa shape index (κ3) is 4.24. The first-order chi connectivity index (χ1) is 8.84. The molecule has 0 atom stereocenters. The number of carbonyl (C=O) groups is 1. The maximum atomic E-state index is 12.0. The molecule has 2 fully saturated rings. The number of ether oxygens (including phenoxy) is 1. The first-order valence-electron chi connectivity index (χ1n) is 7.24. The minimum Gasteiger partial charge on any atom is -0.444 e. The van der Waals surface area contributed by atoms with E-state index in [1.54, 1.807) is 0 Å². The Balaban J connectivity index is 0.00000200. The Bertz CT molecular complexity index is 328. The molecular weight excluding hydrogens is 278 g/mol. The van der Waals surface area contributed by atoms with Gasteiger partial charge in [-0.2, -0.15) is 0 Å². The molecule has 1 amide bonds. The molecule has 0 aromatic rings. The molecule has 2 saturated heterocycles. The first kappa shape index (κ1) is 17.5. The summed E-state index contributed by atoms with van der Waals surface area (Å²) in [6, 6.07) is 0. The average Bonchev–Trinajstić information content (AvgIpc) is 2.26. The van der Waals surface area contributed by atoms with Gasteiger partial charge in [0.05, 0.1) is 0 Å². The molecule has 2 aliphatic heterocycles. The van der Waals surface area contributed by atoms with Gasteiger partial charge in [-0.3, -0.25) is 0 Å². The molecule has 20 heavy (non-hydrogen) atoms. The number of hydrogen-bond donors (Lipinski definition) is 1. The van der Waals surface area contributed by atoms with E-state index in [1.165, 1.54) is 0 Å². The van der Waals surface area contributed by atoms with Gasteiger partial charge in [-0.15, -0.1) is 12.4 Å². The van der Waals surface area contributed by atoms with Crippen molar-refractivity contribution in [2.75, 3.05) is 39.3 Å². The second kappa shape index (κ2) is 6.50. The number of rotatable bonds is 2. The van der Waals surface area contributed by atoms with Crippen molar-refractivity contribution >= 4 is 18.5 Å². The minimum atomic E-state index is -0.402. The molecule has 2 aliphatic rings. The smallest absolute Gasteiger partial charge is 0.410 e. The standard InChI is InChI=1S/C14H27N3O2.ClH/c1-13(2,3)19-12(18)17-7-4-14(5-8-17)10-16(11-14)9-6-15;/h4-11,15H2,1-3H3;1H. The molecular formula is C14H28ClN3O2. The maximum absolute atomic E-state index is 12.0. The number of likely N-dealkylation sites (tertiary alicyclic amines) is 2. The van der Waals surface area contributed by atoms with E-state index in [2.05, 4.69) is 4.90 Å². The normalized spacial score (nSPS) is 22.1. The van der Waals surface area contributed by atoms with Gasteiger partial charge in [-0.1, -0.05) is 0 Å². The van der Waals surface area contributed by atoms with Crippen LogP contribution in [0.1, 0.15) is 33.6 Å². The predicted molar refractivity (Wildman–Crippen MR) is 82.2 cm³/mol. The van der Waals surface area contributed by atoms with Crippen LogP contribution in [-0.2, 0) is 4.74 Å². The summed E-state index contributed by atoms with van der Waals surface area (Å²) in [5.74, 6) is 0. The van der Waals surface area contributed by atoms with E-state index in [0.717, 1.165) is 52.1 Å². The van der Waals surface area contributed by atoms with E-state index in [4.69, 9.17) is 10.5 Å². The van der Waals surface area contributed by atoms with Crippen LogP contribution in [0.2, 0.25) is 0 Å². The third-order valence-electron chi connectivity index (χ3n) is 4.04. The van der Waals surface area contributed by atoms with Crippen LogP contribution < -0.4 is 5.73 Å². The summed E-state index contributed by atoms with van der Waals surface area (Å²) in [4.78, 5) is 16.2. The number of carbonyl (C=O) groups excluding carboxylic acids is 1. The minimum absolute atomic E-state index is 0. The Morgan fingerprint density at radius 2 is 1.80 bits per heavy atom. The molecule has 1 spiro atoms. The summed E-state index contributed by atoms with van der Waals surface area (Å²) in [6.45, 7) is 11.4. The van der Waals surface area contributed by atoms with Crippen LogP contribution in [0.15, 0.2) is 0 Å². The van der Waals surface area contributed by atoms with E-state index in [0.29, 0.717) is 5.41 Å². The lowest BCUT2D eigenvalue weighted by Gasteiger charge is -2.54. The fourth-order valence-corrected chi connectivity index (χ4v) is 3.05. The SMILES string of the molecule is CC(C)(C)OC(=O)N1CCC2(CC1)CN(CCN)C2.Cl. The molecule has 0 radical (unpaired) electrons. The molecule has 2 heterocycles. The number of hydrogen-bond acceptors (Lipinski definition) is 4. The Morgan fingerprint density at radius 3 is 2.25 bits per heavy atom. The van der Waals surface area contributed by atoms with Gasteiger partial charge in [0.1, 0.15) is 5.60 Å². The molecule has 0 saturated carbocycles. The first-order valence-corrected chi connectivity index (χ1v) is 7.24. The Hall–Kier alpha value is -0.520. The number of halogens is 1. The van der Waals surface area contributed by atoms with Gasteiger partial charge in [0.2, 0.25) is 0 Å². The fraction of sp³-hybridized carbons (Fsp3) is 0.929. The molecule has 118 valence electrons. The van der Waals surface area contributed by atoms with Crippen molar-refractivity contribution in [3.63, 3.8) is 0 Å². The molecule has 6 heteroatoms. The Morgan fingerprint density at radius 1 is 1.25 bits per heavy atom. The Kier molecular flexibility index (Phi) is 5.70. The van der Waals surface area contributed by atoms with Gasteiger partial charge >= 0.3 is 6.09 Å². The molecule has 0 bridgehead atoms. The zero-order valence-corrected chi connectivity index (χ0v) is 13.7. The summed E-state index contributed by atoms with van der Waals surface area (Å²) in [6.07, 6.45) is 2.01. The van der Waals surface area contributed by atoms with Crippen molar-refractivity contribution in [3.8, 4) is 0 Å². The topological polar surface area (TPSA) is 58.8 Å². The summed E-state index contributed by atoms with van der Waals surface area (Å²) in [5, 5.41) is 0. The van der Waals surface area contributed by atoms with Crippen molar-refractivity contribution in [3.05, 3.63) is 0 Å². The molecule has 5 nitrogen and oxygen atoms in total. The van der Waals surface area contributed by atoms with E-state index in [1.807, 2.05) is 25.7 Å². The molecule has 0 aromatic heterocycles. The zero-order chi connectivity index (χ0) is 14.1. The van der Waals surface area contributed by atoms with Crippen molar-refractivity contribution in [2.45, 2.75) is 39.2 Å².